The van der Waals surface area contributed by atoms with Crippen molar-refractivity contribution in [2.24, 2.45) is 0 Å². The lowest BCUT2D eigenvalue weighted by Crippen LogP contribution is -2.52. The van der Waals surface area contributed by atoms with Crippen molar-refractivity contribution in [2.75, 3.05) is 0 Å². The summed E-state index contributed by atoms with van der Waals surface area (Å²) in [7, 11) is 0. The van der Waals surface area contributed by atoms with Crippen LogP contribution in [0.1, 0.15) is 34.3 Å². The van der Waals surface area contributed by atoms with Crippen molar-refractivity contribution in [1.82, 2.24) is 15.2 Å². The van der Waals surface area contributed by atoms with Crippen LogP contribution >= 0.6 is 0 Å². The van der Waals surface area contributed by atoms with E-state index in [2.05, 4.69) is 35.4 Å². The molecule has 3 aromatic rings. The van der Waals surface area contributed by atoms with Gasteiger partial charge < -0.3 is 4.90 Å². The number of aryl methyl sites for hydroxylation is 1. The average molecular weight is 385 g/mol. The third-order valence-corrected chi connectivity index (χ3v) is 5.75. The maximum absolute atomic E-state index is 12.9. The zero-order valence-electron chi connectivity index (χ0n) is 15.9. The minimum atomic E-state index is -0.599. The first kappa shape index (κ1) is 17.6. The second-order valence-electron chi connectivity index (χ2n) is 7.68. The van der Waals surface area contributed by atoms with Crippen LogP contribution in [0.4, 0.5) is 0 Å². The number of carbonyl (C=O) groups is 3. The number of piperidine rings is 1. The Bertz CT molecular complexity index is 1200. The molecule has 3 amide bonds. The first-order valence-corrected chi connectivity index (χ1v) is 9.63. The highest BCUT2D eigenvalue weighted by Gasteiger charge is 2.39. The molecule has 2 aliphatic heterocycles. The highest BCUT2D eigenvalue weighted by Crippen LogP contribution is 2.33. The number of nitrogens with one attached hydrogen (secondary N) is 1. The Morgan fingerprint density at radius 1 is 1.03 bits per heavy atom. The van der Waals surface area contributed by atoms with Crippen LogP contribution in [0, 0.1) is 6.92 Å². The van der Waals surface area contributed by atoms with Gasteiger partial charge in [-0.25, -0.2) is 0 Å². The average Bonchev–Trinajstić information content (AvgIpc) is 3.03. The summed E-state index contributed by atoms with van der Waals surface area (Å²) >= 11 is 0. The number of carbonyl (C=O) groups excluding carboxylic acids is 3. The quantitative estimate of drug-likeness (QED) is 0.688. The molecule has 0 bridgehead atoms. The van der Waals surface area contributed by atoms with Crippen molar-refractivity contribution >= 4 is 28.5 Å². The van der Waals surface area contributed by atoms with Gasteiger partial charge in [0.05, 0.1) is 0 Å². The number of rotatable bonds is 2. The number of amides is 3. The molecule has 6 nitrogen and oxygen atoms in total. The summed E-state index contributed by atoms with van der Waals surface area (Å²) in [5, 5.41) is 4.52. The van der Waals surface area contributed by atoms with Crippen molar-refractivity contribution in [3.05, 3.63) is 65.5 Å². The normalized spacial score (nSPS) is 18.9. The fraction of sp³-hybridized carbons (Fsp3) is 0.217. The lowest BCUT2D eigenvalue weighted by atomic mass is 9.97. The number of benzene rings is 2. The van der Waals surface area contributed by atoms with Gasteiger partial charge >= 0.3 is 0 Å². The molecule has 0 spiro atoms. The van der Waals surface area contributed by atoms with Crippen LogP contribution in [0.25, 0.3) is 21.9 Å². The van der Waals surface area contributed by atoms with Gasteiger partial charge in [-0.15, -0.1) is 0 Å². The van der Waals surface area contributed by atoms with E-state index in [0.29, 0.717) is 18.5 Å². The highest BCUT2D eigenvalue weighted by atomic mass is 16.2. The Morgan fingerprint density at radius 3 is 2.72 bits per heavy atom. The van der Waals surface area contributed by atoms with E-state index in [9.17, 15) is 14.4 Å². The first-order valence-electron chi connectivity index (χ1n) is 9.63. The van der Waals surface area contributed by atoms with E-state index >= 15 is 0 Å². The predicted molar refractivity (Wildman–Crippen MR) is 108 cm³/mol. The zero-order valence-corrected chi connectivity index (χ0v) is 15.9. The number of imide groups is 1. The van der Waals surface area contributed by atoms with E-state index in [0.717, 1.165) is 27.5 Å². The van der Waals surface area contributed by atoms with Gasteiger partial charge in [-0.3, -0.25) is 24.7 Å². The summed E-state index contributed by atoms with van der Waals surface area (Å²) < 4.78 is 0. The SMILES string of the molecule is Cc1ccc2cncc(-c3ccc4c(c3)CN(C3CCC(=O)NC3=O)C4=O)c2c1. The van der Waals surface area contributed by atoms with E-state index in [1.807, 2.05) is 30.6 Å². The van der Waals surface area contributed by atoms with E-state index in [-0.39, 0.29) is 18.2 Å². The fourth-order valence-corrected chi connectivity index (χ4v) is 4.25. The standard InChI is InChI=1S/C23H19N3O3/c1-13-2-3-15-10-24-11-19(18(15)8-13)14-4-5-17-16(9-14)12-26(23(17)29)20-6-7-21(27)25-22(20)28/h2-5,8-11,20H,6-7,12H2,1H3,(H,25,27,28). The number of pyridine rings is 1. The Kier molecular flexibility index (Phi) is 3.94. The number of aromatic nitrogens is 1. The van der Waals surface area contributed by atoms with Crippen LogP contribution < -0.4 is 5.32 Å². The molecule has 29 heavy (non-hydrogen) atoms. The molecule has 0 saturated carbocycles. The smallest absolute Gasteiger partial charge is 0.255 e. The Balaban J connectivity index is 1.52. The summed E-state index contributed by atoms with van der Waals surface area (Å²) in [5.41, 5.74) is 4.68. The Hall–Kier alpha value is -3.54. The van der Waals surface area contributed by atoms with E-state index in [4.69, 9.17) is 0 Å². The molecule has 0 aliphatic carbocycles. The van der Waals surface area contributed by atoms with Crippen molar-refractivity contribution < 1.29 is 14.4 Å². The number of hydrogen-bond donors (Lipinski definition) is 1. The summed E-state index contributed by atoms with van der Waals surface area (Å²) in [6.45, 7) is 2.42. The van der Waals surface area contributed by atoms with Gasteiger partial charge in [0.25, 0.3) is 5.91 Å². The van der Waals surface area contributed by atoms with Crippen LogP contribution in [0.15, 0.2) is 48.8 Å². The van der Waals surface area contributed by atoms with Gasteiger partial charge in [0.1, 0.15) is 6.04 Å². The Morgan fingerprint density at radius 2 is 1.90 bits per heavy atom. The van der Waals surface area contributed by atoms with Crippen molar-refractivity contribution in [2.45, 2.75) is 32.4 Å². The molecular weight excluding hydrogens is 366 g/mol. The molecule has 1 unspecified atom stereocenters. The molecule has 144 valence electrons. The summed E-state index contributed by atoms with van der Waals surface area (Å²) in [6.07, 6.45) is 4.31. The topological polar surface area (TPSA) is 79.4 Å². The molecule has 5 rings (SSSR count). The predicted octanol–water partition coefficient (Wildman–Crippen LogP) is 2.97. The zero-order chi connectivity index (χ0) is 20.1. The molecule has 1 saturated heterocycles. The largest absolute Gasteiger partial charge is 0.322 e. The number of nitrogens with zero attached hydrogens (tertiary/aromatic N) is 2. The molecule has 2 aliphatic rings. The van der Waals surface area contributed by atoms with Gasteiger partial charge in [0.2, 0.25) is 11.8 Å². The van der Waals surface area contributed by atoms with Crippen molar-refractivity contribution in [3.63, 3.8) is 0 Å². The second-order valence-corrected chi connectivity index (χ2v) is 7.68. The van der Waals surface area contributed by atoms with Crippen molar-refractivity contribution in [1.29, 1.82) is 0 Å². The summed E-state index contributed by atoms with van der Waals surface area (Å²) in [5.74, 6) is -0.833. The monoisotopic (exact) mass is 385 g/mol. The number of fused-ring (bicyclic) bond motifs is 2. The van der Waals surface area contributed by atoms with Crippen LogP contribution in [0.3, 0.4) is 0 Å². The molecule has 0 radical (unpaired) electrons. The highest BCUT2D eigenvalue weighted by molar-refractivity contribution is 6.06. The van der Waals surface area contributed by atoms with Crippen LogP contribution in [-0.4, -0.2) is 33.6 Å². The number of hydrogen-bond acceptors (Lipinski definition) is 4. The minimum Gasteiger partial charge on any atom is -0.322 e. The molecule has 1 aromatic heterocycles. The van der Waals surface area contributed by atoms with Crippen LogP contribution in [0.5, 0.6) is 0 Å². The molecule has 1 fully saturated rings. The van der Waals surface area contributed by atoms with Gasteiger partial charge in [-0.05, 0) is 42.0 Å². The third-order valence-electron chi connectivity index (χ3n) is 5.75. The fourth-order valence-electron chi connectivity index (χ4n) is 4.25. The second kappa shape index (κ2) is 6.51. The van der Waals surface area contributed by atoms with Crippen molar-refractivity contribution in [3.8, 4) is 11.1 Å². The minimum absolute atomic E-state index is 0.159. The van der Waals surface area contributed by atoms with Gasteiger partial charge in [-0.1, -0.05) is 29.8 Å². The summed E-state index contributed by atoms with van der Waals surface area (Å²) in [4.78, 5) is 42.5. The van der Waals surface area contributed by atoms with E-state index in [1.165, 1.54) is 5.56 Å². The van der Waals surface area contributed by atoms with Gasteiger partial charge in [0.15, 0.2) is 0 Å². The van der Waals surface area contributed by atoms with Gasteiger partial charge in [0, 0.05) is 41.9 Å². The van der Waals surface area contributed by atoms with Crippen LogP contribution in [-0.2, 0) is 16.1 Å². The van der Waals surface area contributed by atoms with E-state index < -0.39 is 11.9 Å². The Labute approximate surface area is 167 Å². The molecular formula is C23H19N3O3. The first-order chi connectivity index (χ1) is 14.0. The molecule has 1 N–H and O–H groups in total. The molecule has 3 heterocycles. The van der Waals surface area contributed by atoms with Gasteiger partial charge in [-0.2, -0.15) is 0 Å². The van der Waals surface area contributed by atoms with E-state index in [1.54, 1.807) is 4.90 Å². The lowest BCUT2D eigenvalue weighted by molar-refractivity contribution is -0.136. The maximum Gasteiger partial charge on any atom is 0.255 e. The molecule has 2 aromatic carbocycles. The van der Waals surface area contributed by atoms with Crippen LogP contribution in [0.2, 0.25) is 0 Å². The maximum atomic E-state index is 12.9. The summed E-state index contributed by atoms with van der Waals surface area (Å²) in [6, 6.07) is 11.4. The molecule has 6 heteroatoms. The molecule has 1 atom stereocenters. The lowest BCUT2D eigenvalue weighted by Gasteiger charge is -2.29. The third kappa shape index (κ3) is 2.88.